The van der Waals surface area contributed by atoms with Crippen molar-refractivity contribution in [2.75, 3.05) is 0 Å². The third-order valence-electron chi connectivity index (χ3n) is 3.34. The van der Waals surface area contributed by atoms with Gasteiger partial charge < -0.3 is 0 Å². The Morgan fingerprint density at radius 2 is 1.80 bits per heavy atom. The molecule has 2 rings (SSSR count). The molecule has 1 heteroatoms. The number of carbonyl (C=O) groups is 1. The van der Waals surface area contributed by atoms with Crippen LogP contribution in [-0.2, 0) is 0 Å². The van der Waals surface area contributed by atoms with Gasteiger partial charge in [0.15, 0.2) is 5.78 Å². The smallest absolute Gasteiger partial charge is 0.165 e. The molecule has 0 aromatic heterocycles. The van der Waals surface area contributed by atoms with E-state index in [0.29, 0.717) is 17.6 Å². The number of carbonyl (C=O) groups excluding carboxylic acids is 1. The van der Waals surface area contributed by atoms with Gasteiger partial charge in [-0.15, -0.1) is 0 Å². The van der Waals surface area contributed by atoms with Crippen LogP contribution in [0.3, 0.4) is 0 Å². The maximum Gasteiger partial charge on any atom is 0.165 e. The van der Waals surface area contributed by atoms with E-state index in [1.54, 1.807) is 0 Å². The second-order valence-electron chi connectivity index (χ2n) is 4.77. The Bertz CT molecular complexity index is 344. The Morgan fingerprint density at radius 1 is 1.20 bits per heavy atom. The van der Waals surface area contributed by atoms with Gasteiger partial charge in [0, 0.05) is 11.5 Å². The molecule has 15 heavy (non-hydrogen) atoms. The molecule has 1 fully saturated rings. The summed E-state index contributed by atoms with van der Waals surface area (Å²) in [5.41, 5.74) is 2.20. The summed E-state index contributed by atoms with van der Waals surface area (Å²) in [4.78, 5) is 11.9. The van der Waals surface area contributed by atoms with E-state index in [0.717, 1.165) is 18.4 Å². The second-order valence-corrected chi connectivity index (χ2v) is 4.77. The van der Waals surface area contributed by atoms with Gasteiger partial charge in [-0.3, -0.25) is 4.79 Å². The molecule has 80 valence electrons. The normalized spacial score (nSPS) is 16.5. The van der Waals surface area contributed by atoms with Crippen LogP contribution < -0.4 is 0 Å². The standard InChI is InChI=1S/C14H18O/c1-10(2)11-6-8-13(9-7-11)14(15)12-4-3-5-12/h6-10,12H,3-5H2,1-2H3. The van der Waals surface area contributed by atoms with Crippen molar-refractivity contribution in [1.82, 2.24) is 0 Å². The zero-order valence-corrected chi connectivity index (χ0v) is 9.49. The van der Waals surface area contributed by atoms with Crippen molar-refractivity contribution in [2.45, 2.75) is 39.0 Å². The van der Waals surface area contributed by atoms with Gasteiger partial charge in [-0.05, 0) is 24.3 Å². The van der Waals surface area contributed by atoms with E-state index in [1.807, 2.05) is 12.1 Å². The van der Waals surface area contributed by atoms with Crippen LogP contribution in [0.5, 0.6) is 0 Å². The Hall–Kier alpha value is -1.11. The number of hydrogen-bond acceptors (Lipinski definition) is 1. The fourth-order valence-electron chi connectivity index (χ4n) is 1.94. The topological polar surface area (TPSA) is 17.1 Å². The van der Waals surface area contributed by atoms with Crippen LogP contribution in [0.25, 0.3) is 0 Å². The summed E-state index contributed by atoms with van der Waals surface area (Å²) in [6.07, 6.45) is 3.40. The summed E-state index contributed by atoms with van der Waals surface area (Å²) in [6, 6.07) is 8.12. The maximum absolute atomic E-state index is 11.9. The lowest BCUT2D eigenvalue weighted by atomic mass is 9.80. The van der Waals surface area contributed by atoms with Crippen LogP contribution >= 0.6 is 0 Å². The first-order chi connectivity index (χ1) is 7.18. The predicted octanol–water partition coefficient (Wildman–Crippen LogP) is 3.79. The molecule has 0 N–H and O–H groups in total. The Labute approximate surface area is 91.5 Å². The molecule has 0 atom stereocenters. The first-order valence-electron chi connectivity index (χ1n) is 5.82. The predicted molar refractivity (Wildman–Crippen MR) is 62.2 cm³/mol. The molecule has 0 heterocycles. The van der Waals surface area contributed by atoms with Gasteiger partial charge in [0.1, 0.15) is 0 Å². The van der Waals surface area contributed by atoms with E-state index in [1.165, 1.54) is 12.0 Å². The van der Waals surface area contributed by atoms with E-state index in [4.69, 9.17) is 0 Å². The molecule has 0 unspecified atom stereocenters. The fraction of sp³-hybridized carbons (Fsp3) is 0.500. The molecule has 0 radical (unpaired) electrons. The highest BCUT2D eigenvalue weighted by molar-refractivity contribution is 5.98. The van der Waals surface area contributed by atoms with Crippen LogP contribution in [0.1, 0.15) is 54.9 Å². The van der Waals surface area contributed by atoms with Crippen LogP contribution in [0.4, 0.5) is 0 Å². The average molecular weight is 202 g/mol. The summed E-state index contributed by atoms with van der Waals surface area (Å²) >= 11 is 0. The van der Waals surface area contributed by atoms with Crippen molar-refractivity contribution in [2.24, 2.45) is 5.92 Å². The highest BCUT2D eigenvalue weighted by Gasteiger charge is 2.25. The molecular formula is C14H18O. The Balaban J connectivity index is 2.12. The van der Waals surface area contributed by atoms with Gasteiger partial charge in [0.05, 0.1) is 0 Å². The van der Waals surface area contributed by atoms with E-state index in [2.05, 4.69) is 26.0 Å². The third kappa shape index (κ3) is 2.11. The van der Waals surface area contributed by atoms with Gasteiger partial charge in [0.2, 0.25) is 0 Å². The van der Waals surface area contributed by atoms with Gasteiger partial charge >= 0.3 is 0 Å². The largest absolute Gasteiger partial charge is 0.294 e. The lowest BCUT2D eigenvalue weighted by molar-refractivity contribution is 0.0855. The van der Waals surface area contributed by atoms with Crippen molar-refractivity contribution in [3.8, 4) is 0 Å². The molecule has 1 saturated carbocycles. The summed E-state index contributed by atoms with van der Waals surface area (Å²) in [5.74, 6) is 1.20. The highest BCUT2D eigenvalue weighted by atomic mass is 16.1. The van der Waals surface area contributed by atoms with E-state index >= 15 is 0 Å². The zero-order chi connectivity index (χ0) is 10.8. The van der Waals surface area contributed by atoms with Crippen LogP contribution in [-0.4, -0.2) is 5.78 Å². The van der Waals surface area contributed by atoms with Crippen molar-refractivity contribution >= 4 is 5.78 Å². The quantitative estimate of drug-likeness (QED) is 0.681. The van der Waals surface area contributed by atoms with Gasteiger partial charge in [-0.1, -0.05) is 44.5 Å². The SMILES string of the molecule is CC(C)c1ccc(C(=O)C2CCC2)cc1. The molecule has 1 aliphatic carbocycles. The number of Topliss-reactive ketones (excluding diaryl/α,β-unsaturated/α-hetero) is 1. The van der Waals surface area contributed by atoms with E-state index in [9.17, 15) is 4.79 Å². The monoisotopic (exact) mass is 202 g/mol. The fourth-order valence-corrected chi connectivity index (χ4v) is 1.94. The summed E-state index contributed by atoms with van der Waals surface area (Å²) in [7, 11) is 0. The van der Waals surface area contributed by atoms with Crippen LogP contribution in [0.2, 0.25) is 0 Å². The minimum absolute atomic E-state index is 0.315. The minimum Gasteiger partial charge on any atom is -0.294 e. The molecule has 0 aliphatic heterocycles. The van der Waals surface area contributed by atoms with Crippen molar-refractivity contribution in [3.05, 3.63) is 35.4 Å². The molecule has 1 aliphatic rings. The number of hydrogen-bond donors (Lipinski definition) is 0. The molecular weight excluding hydrogens is 184 g/mol. The molecule has 1 aromatic rings. The molecule has 0 bridgehead atoms. The Kier molecular flexibility index (Phi) is 2.90. The molecule has 1 nitrogen and oxygen atoms in total. The number of benzene rings is 1. The van der Waals surface area contributed by atoms with E-state index in [-0.39, 0.29) is 0 Å². The molecule has 0 saturated heterocycles. The lowest BCUT2D eigenvalue weighted by Gasteiger charge is -2.23. The summed E-state index contributed by atoms with van der Waals surface area (Å²) in [5, 5.41) is 0. The van der Waals surface area contributed by atoms with Crippen molar-refractivity contribution in [1.29, 1.82) is 0 Å². The highest BCUT2D eigenvalue weighted by Crippen LogP contribution is 2.30. The second kappa shape index (κ2) is 4.18. The van der Waals surface area contributed by atoms with Crippen LogP contribution in [0, 0.1) is 5.92 Å². The molecule has 1 aromatic carbocycles. The van der Waals surface area contributed by atoms with E-state index < -0.39 is 0 Å². The van der Waals surface area contributed by atoms with Crippen molar-refractivity contribution in [3.63, 3.8) is 0 Å². The first-order valence-corrected chi connectivity index (χ1v) is 5.82. The van der Waals surface area contributed by atoms with Gasteiger partial charge in [0.25, 0.3) is 0 Å². The minimum atomic E-state index is 0.315. The summed E-state index contributed by atoms with van der Waals surface area (Å²) < 4.78 is 0. The molecule has 0 amide bonds. The van der Waals surface area contributed by atoms with Crippen molar-refractivity contribution < 1.29 is 4.79 Å². The summed E-state index contributed by atoms with van der Waals surface area (Å²) in [6.45, 7) is 4.34. The van der Waals surface area contributed by atoms with Crippen LogP contribution in [0.15, 0.2) is 24.3 Å². The number of rotatable bonds is 3. The molecule has 0 spiro atoms. The lowest BCUT2D eigenvalue weighted by Crippen LogP contribution is -2.21. The third-order valence-corrected chi connectivity index (χ3v) is 3.34. The first kappa shape index (κ1) is 10.4. The number of ketones is 1. The average Bonchev–Trinajstić information content (AvgIpc) is 2.15. The zero-order valence-electron chi connectivity index (χ0n) is 9.49. The maximum atomic E-state index is 11.9. The van der Waals surface area contributed by atoms with Gasteiger partial charge in [-0.2, -0.15) is 0 Å². The van der Waals surface area contributed by atoms with Gasteiger partial charge in [-0.25, -0.2) is 0 Å². The Morgan fingerprint density at radius 3 is 2.20 bits per heavy atom.